The SMILES string of the molecule is COc1ccccc1-n1c(SCC(=O)Nc2cccc(C(F)(F)F)c2)nc2c(c1=O)SCC2. The summed E-state index contributed by atoms with van der Waals surface area (Å²) in [5.74, 6) is 0.548. The quantitative estimate of drug-likeness (QED) is 0.399. The molecule has 1 aromatic heterocycles. The minimum Gasteiger partial charge on any atom is -0.495 e. The van der Waals surface area contributed by atoms with Gasteiger partial charge in [-0.3, -0.25) is 14.2 Å². The van der Waals surface area contributed by atoms with Crippen LogP contribution in [0.5, 0.6) is 5.75 Å². The molecule has 172 valence electrons. The van der Waals surface area contributed by atoms with Crippen LogP contribution < -0.4 is 15.6 Å². The van der Waals surface area contributed by atoms with Gasteiger partial charge in [0, 0.05) is 17.9 Å². The molecule has 2 heterocycles. The van der Waals surface area contributed by atoms with Gasteiger partial charge in [0.05, 0.1) is 34.7 Å². The average Bonchev–Trinajstić information content (AvgIpc) is 3.26. The van der Waals surface area contributed by atoms with Crippen molar-refractivity contribution in [2.75, 3.05) is 23.9 Å². The minimum atomic E-state index is -4.51. The monoisotopic (exact) mass is 493 g/mol. The third-order valence-electron chi connectivity index (χ3n) is 4.80. The lowest BCUT2D eigenvalue weighted by Crippen LogP contribution is -2.25. The first kappa shape index (κ1) is 23.2. The molecule has 3 aromatic rings. The number of ether oxygens (including phenoxy) is 1. The van der Waals surface area contributed by atoms with Gasteiger partial charge in [-0.1, -0.05) is 30.0 Å². The zero-order chi connectivity index (χ0) is 23.6. The van der Waals surface area contributed by atoms with Crippen LogP contribution in [0.3, 0.4) is 0 Å². The zero-order valence-corrected chi connectivity index (χ0v) is 18.9. The van der Waals surface area contributed by atoms with Gasteiger partial charge in [-0.15, -0.1) is 11.8 Å². The summed E-state index contributed by atoms with van der Waals surface area (Å²) in [5, 5.41) is 2.78. The molecule has 33 heavy (non-hydrogen) atoms. The molecular weight excluding hydrogens is 475 g/mol. The Morgan fingerprint density at radius 2 is 2.03 bits per heavy atom. The molecule has 1 N–H and O–H groups in total. The fourth-order valence-corrected chi connectivity index (χ4v) is 5.16. The second-order valence-electron chi connectivity index (χ2n) is 7.00. The van der Waals surface area contributed by atoms with Gasteiger partial charge in [0.25, 0.3) is 5.56 Å². The topological polar surface area (TPSA) is 73.2 Å². The van der Waals surface area contributed by atoms with Crippen LogP contribution in [0.25, 0.3) is 5.69 Å². The van der Waals surface area contributed by atoms with E-state index in [0.29, 0.717) is 33.6 Å². The molecule has 1 aliphatic rings. The van der Waals surface area contributed by atoms with E-state index in [1.807, 2.05) is 0 Å². The first-order valence-corrected chi connectivity index (χ1v) is 11.8. The molecule has 0 aliphatic carbocycles. The zero-order valence-electron chi connectivity index (χ0n) is 17.3. The van der Waals surface area contributed by atoms with Crippen LogP contribution in [-0.2, 0) is 17.4 Å². The first-order chi connectivity index (χ1) is 15.8. The number of methoxy groups -OCH3 is 1. The number of amides is 1. The summed E-state index contributed by atoms with van der Waals surface area (Å²) < 4.78 is 45.6. The normalized spacial score (nSPS) is 13.0. The Morgan fingerprint density at radius 1 is 1.24 bits per heavy atom. The molecule has 6 nitrogen and oxygen atoms in total. The van der Waals surface area contributed by atoms with Crippen molar-refractivity contribution < 1.29 is 22.7 Å². The molecule has 1 amide bonds. The molecule has 4 rings (SSSR count). The van der Waals surface area contributed by atoms with E-state index in [4.69, 9.17) is 4.74 Å². The van der Waals surface area contributed by atoms with Crippen LogP contribution >= 0.6 is 23.5 Å². The van der Waals surface area contributed by atoms with E-state index in [9.17, 15) is 22.8 Å². The van der Waals surface area contributed by atoms with E-state index in [1.54, 1.807) is 24.3 Å². The number of nitrogens with one attached hydrogen (secondary N) is 1. The van der Waals surface area contributed by atoms with Crippen LogP contribution in [0, 0.1) is 0 Å². The minimum absolute atomic E-state index is 0.0378. The fourth-order valence-electron chi connectivity index (χ4n) is 3.32. The number of aryl methyl sites for hydroxylation is 1. The van der Waals surface area contributed by atoms with Crippen LogP contribution in [-0.4, -0.2) is 34.1 Å². The number of thioether (sulfide) groups is 2. The number of fused-ring (bicyclic) bond motifs is 1. The summed E-state index contributed by atoms with van der Waals surface area (Å²) in [7, 11) is 1.49. The first-order valence-electron chi connectivity index (χ1n) is 9.80. The molecule has 0 atom stereocenters. The highest BCUT2D eigenvalue weighted by atomic mass is 32.2. The third-order valence-corrected chi connectivity index (χ3v) is 6.84. The molecule has 0 unspecified atom stereocenters. The maximum atomic E-state index is 13.2. The lowest BCUT2D eigenvalue weighted by molar-refractivity contribution is -0.137. The summed E-state index contributed by atoms with van der Waals surface area (Å²) in [4.78, 5) is 30.9. The van der Waals surface area contributed by atoms with Gasteiger partial charge < -0.3 is 10.1 Å². The third kappa shape index (κ3) is 5.03. The Balaban J connectivity index is 1.60. The van der Waals surface area contributed by atoms with Crippen molar-refractivity contribution in [3.63, 3.8) is 0 Å². The number of para-hydroxylation sites is 2. The highest BCUT2D eigenvalue weighted by molar-refractivity contribution is 8.00. The number of anilines is 1. The van der Waals surface area contributed by atoms with E-state index >= 15 is 0 Å². The van der Waals surface area contributed by atoms with Crippen molar-refractivity contribution >= 4 is 35.1 Å². The largest absolute Gasteiger partial charge is 0.495 e. The second-order valence-corrected chi connectivity index (χ2v) is 9.04. The number of hydrogen-bond acceptors (Lipinski definition) is 6. The Labute approximate surface area is 195 Å². The van der Waals surface area contributed by atoms with Gasteiger partial charge in [-0.2, -0.15) is 13.2 Å². The molecule has 0 bridgehead atoms. The van der Waals surface area contributed by atoms with Crippen LogP contribution in [0.4, 0.5) is 18.9 Å². The molecule has 0 spiro atoms. The summed E-state index contributed by atoms with van der Waals surface area (Å²) in [6.07, 6.45) is -3.86. The smallest absolute Gasteiger partial charge is 0.416 e. The maximum absolute atomic E-state index is 13.2. The molecule has 11 heteroatoms. The van der Waals surface area contributed by atoms with E-state index in [2.05, 4.69) is 10.3 Å². The summed E-state index contributed by atoms with van der Waals surface area (Å²) >= 11 is 2.47. The number of nitrogens with zero attached hydrogens (tertiary/aromatic N) is 2. The summed E-state index contributed by atoms with van der Waals surface area (Å²) in [6, 6.07) is 11.4. The predicted molar refractivity (Wildman–Crippen MR) is 122 cm³/mol. The van der Waals surface area contributed by atoms with Crippen LogP contribution in [0.15, 0.2) is 63.4 Å². The lowest BCUT2D eigenvalue weighted by atomic mass is 10.2. The maximum Gasteiger partial charge on any atom is 0.416 e. The molecule has 0 fully saturated rings. The number of alkyl halides is 3. The van der Waals surface area contributed by atoms with Gasteiger partial charge in [-0.25, -0.2) is 4.98 Å². The lowest BCUT2D eigenvalue weighted by Gasteiger charge is -2.16. The van der Waals surface area contributed by atoms with Crippen molar-refractivity contribution in [3.8, 4) is 11.4 Å². The van der Waals surface area contributed by atoms with Crippen molar-refractivity contribution in [2.45, 2.75) is 22.6 Å². The van der Waals surface area contributed by atoms with Crippen LogP contribution in [0.2, 0.25) is 0 Å². The van der Waals surface area contributed by atoms with Gasteiger partial charge in [0.1, 0.15) is 5.75 Å². The number of benzene rings is 2. The predicted octanol–water partition coefficient (Wildman–Crippen LogP) is 4.64. The van der Waals surface area contributed by atoms with Crippen molar-refractivity contribution in [3.05, 3.63) is 70.1 Å². The molecule has 0 saturated carbocycles. The van der Waals surface area contributed by atoms with Crippen molar-refractivity contribution in [1.82, 2.24) is 9.55 Å². The highest BCUT2D eigenvalue weighted by Gasteiger charge is 2.30. The number of carbonyl (C=O) groups is 1. The van der Waals surface area contributed by atoms with Gasteiger partial charge in [-0.05, 0) is 30.3 Å². The van der Waals surface area contributed by atoms with Crippen molar-refractivity contribution in [1.29, 1.82) is 0 Å². The van der Waals surface area contributed by atoms with E-state index in [-0.39, 0.29) is 17.0 Å². The molecule has 0 saturated heterocycles. The van der Waals surface area contributed by atoms with Gasteiger partial charge in [0.2, 0.25) is 5.91 Å². The number of halogens is 3. The number of carbonyl (C=O) groups excluding carboxylic acids is 1. The molecule has 1 aliphatic heterocycles. The average molecular weight is 494 g/mol. The molecular formula is C22H18F3N3O3S2. The summed E-state index contributed by atoms with van der Waals surface area (Å²) in [5.41, 5.74) is 0.116. The van der Waals surface area contributed by atoms with Gasteiger partial charge >= 0.3 is 6.18 Å². The second kappa shape index (κ2) is 9.52. The Hall–Kier alpha value is -2.92. The van der Waals surface area contributed by atoms with Crippen molar-refractivity contribution in [2.24, 2.45) is 0 Å². The molecule has 0 radical (unpaired) electrons. The Kier molecular flexibility index (Phi) is 6.71. The van der Waals surface area contributed by atoms with E-state index < -0.39 is 17.6 Å². The number of aromatic nitrogens is 2. The number of rotatable bonds is 6. The highest BCUT2D eigenvalue weighted by Crippen LogP contribution is 2.33. The van der Waals surface area contributed by atoms with E-state index in [0.717, 1.165) is 29.6 Å². The molecule has 2 aromatic carbocycles. The van der Waals surface area contributed by atoms with Gasteiger partial charge in [0.15, 0.2) is 5.16 Å². The Morgan fingerprint density at radius 3 is 2.79 bits per heavy atom. The summed E-state index contributed by atoms with van der Waals surface area (Å²) in [6.45, 7) is 0. The number of hydrogen-bond donors (Lipinski definition) is 1. The van der Waals surface area contributed by atoms with E-state index in [1.165, 1.54) is 35.6 Å². The standard InChI is InChI=1S/C22H18F3N3O3S2/c1-31-17-8-3-2-7-16(17)28-20(30)19-15(9-10-32-19)27-21(28)33-12-18(29)26-14-6-4-5-13(11-14)22(23,24)25/h2-8,11H,9-10,12H2,1H3,(H,26,29). The fraction of sp³-hybridized carbons (Fsp3) is 0.227. The Bertz CT molecular complexity index is 1260. The van der Waals surface area contributed by atoms with Crippen LogP contribution in [0.1, 0.15) is 11.3 Å².